The molecule has 3 aromatic carbocycles. The summed E-state index contributed by atoms with van der Waals surface area (Å²) in [5.41, 5.74) is 0.918. The van der Waals surface area contributed by atoms with Gasteiger partial charge in [0.25, 0.3) is 5.89 Å². The smallest absolute Gasteiger partial charge is 0.282 e. The summed E-state index contributed by atoms with van der Waals surface area (Å²) < 4.78 is 13.1. The Bertz CT molecular complexity index is 1330. The summed E-state index contributed by atoms with van der Waals surface area (Å²) in [5, 5.41) is 17.1. The normalized spacial score (nSPS) is 22.6. The van der Waals surface area contributed by atoms with Gasteiger partial charge >= 0.3 is 0 Å². The van der Waals surface area contributed by atoms with Gasteiger partial charge in [-0.15, -0.1) is 0 Å². The molecule has 1 atom stereocenters. The first-order valence-electron chi connectivity index (χ1n) is 12.9. The van der Waals surface area contributed by atoms with E-state index in [0.717, 1.165) is 53.3 Å². The fraction of sp³-hybridized carbons (Fsp3) is 0.333. The highest BCUT2D eigenvalue weighted by Crippen LogP contribution is 2.39. The van der Waals surface area contributed by atoms with E-state index in [2.05, 4.69) is 5.16 Å². The molecule has 0 unspecified atom stereocenters. The van der Waals surface area contributed by atoms with Gasteiger partial charge < -0.3 is 31.3 Å². The number of benzene rings is 3. The van der Waals surface area contributed by atoms with Crippen LogP contribution < -0.4 is 17.1 Å². The lowest BCUT2D eigenvalue weighted by molar-refractivity contribution is -0.959. The summed E-state index contributed by atoms with van der Waals surface area (Å²) in [6, 6.07) is 24.9. The molecule has 1 N–H and O–H groups in total. The second kappa shape index (κ2) is 10.7. The second-order valence-electron chi connectivity index (χ2n) is 10.5. The van der Waals surface area contributed by atoms with Gasteiger partial charge in [-0.3, -0.25) is 0 Å². The zero-order valence-electron chi connectivity index (χ0n) is 21.3. The topological polar surface area (TPSA) is 68.4 Å². The molecule has 0 spiro atoms. The highest BCUT2D eigenvalue weighted by atomic mass is 35.5. The molecule has 2 bridgehead atoms. The van der Waals surface area contributed by atoms with Crippen LogP contribution in [0.2, 0.25) is 5.02 Å². The largest absolute Gasteiger partial charge is 1.00 e. The number of quaternary nitrogens is 1. The summed E-state index contributed by atoms with van der Waals surface area (Å²) in [6.45, 7) is 5.64. The van der Waals surface area contributed by atoms with Crippen LogP contribution >= 0.6 is 11.6 Å². The number of hydrogen-bond acceptors (Lipinski definition) is 5. The molecule has 198 valence electrons. The molecular formula is C30H31Cl2N3O3. The Morgan fingerprint density at radius 2 is 1.63 bits per heavy atom. The number of aliphatic hydroxyl groups is 1. The molecule has 0 saturated carbocycles. The number of aryl methyl sites for hydroxylation is 1. The van der Waals surface area contributed by atoms with E-state index in [9.17, 15) is 5.11 Å². The van der Waals surface area contributed by atoms with E-state index in [-0.39, 0.29) is 24.3 Å². The van der Waals surface area contributed by atoms with Gasteiger partial charge in [0.1, 0.15) is 12.3 Å². The molecule has 6 nitrogen and oxygen atoms in total. The summed E-state index contributed by atoms with van der Waals surface area (Å²) in [7, 11) is 0. The van der Waals surface area contributed by atoms with E-state index >= 15 is 0 Å². The van der Waals surface area contributed by atoms with Crippen molar-refractivity contribution in [2.75, 3.05) is 19.6 Å². The van der Waals surface area contributed by atoms with Crippen LogP contribution in [0.25, 0.3) is 0 Å². The average molecular weight is 553 g/mol. The minimum Gasteiger partial charge on any atom is -1.00 e. The SMILES string of the molecule is Cc1cc(O[C@H]2C[N+]3(Cc4nc(C(O)(c5ccccc5)c5ccccc5)no4)CCC2CC3)ccc1Cl.[Cl-]. The van der Waals surface area contributed by atoms with Crippen molar-refractivity contribution in [2.45, 2.75) is 38.0 Å². The number of halogens is 2. The van der Waals surface area contributed by atoms with Gasteiger partial charge in [-0.25, -0.2) is 0 Å². The molecule has 8 heteroatoms. The zero-order chi connectivity index (χ0) is 25.5. The highest BCUT2D eigenvalue weighted by molar-refractivity contribution is 6.31. The maximum Gasteiger partial charge on any atom is 0.282 e. The van der Waals surface area contributed by atoms with Gasteiger partial charge in [-0.1, -0.05) is 77.4 Å². The Morgan fingerprint density at radius 1 is 1.00 bits per heavy atom. The molecule has 4 aromatic rings. The van der Waals surface area contributed by atoms with E-state index in [0.29, 0.717) is 29.5 Å². The molecule has 3 fully saturated rings. The molecule has 1 aromatic heterocycles. The Kier molecular flexibility index (Phi) is 7.51. The first-order valence-corrected chi connectivity index (χ1v) is 13.3. The Morgan fingerprint density at radius 3 is 2.24 bits per heavy atom. The lowest BCUT2D eigenvalue weighted by atomic mass is 9.83. The number of hydrogen-bond donors (Lipinski definition) is 1. The molecule has 3 aliphatic heterocycles. The van der Waals surface area contributed by atoms with Crippen molar-refractivity contribution in [2.24, 2.45) is 5.92 Å². The van der Waals surface area contributed by atoms with Crippen LogP contribution in [0.4, 0.5) is 0 Å². The molecule has 4 heterocycles. The van der Waals surface area contributed by atoms with Gasteiger partial charge in [-0.05, 0) is 41.8 Å². The highest BCUT2D eigenvalue weighted by Gasteiger charge is 2.48. The molecule has 3 aliphatic rings. The minimum absolute atomic E-state index is 0. The van der Waals surface area contributed by atoms with Gasteiger partial charge in [0.05, 0.1) is 13.1 Å². The van der Waals surface area contributed by atoms with Crippen molar-refractivity contribution < 1.29 is 31.3 Å². The van der Waals surface area contributed by atoms with E-state index in [1.165, 1.54) is 0 Å². The van der Waals surface area contributed by atoms with Crippen LogP contribution in [0.1, 0.15) is 41.2 Å². The van der Waals surface area contributed by atoms with Crippen molar-refractivity contribution in [3.63, 3.8) is 0 Å². The van der Waals surface area contributed by atoms with Crippen molar-refractivity contribution in [1.82, 2.24) is 10.1 Å². The molecule has 3 saturated heterocycles. The molecule has 0 aliphatic carbocycles. The molecule has 0 radical (unpaired) electrons. The Hall–Kier alpha value is -2.90. The third-order valence-electron chi connectivity index (χ3n) is 8.10. The van der Waals surface area contributed by atoms with Gasteiger partial charge in [-0.2, -0.15) is 4.98 Å². The molecule has 38 heavy (non-hydrogen) atoms. The van der Waals surface area contributed by atoms with Crippen LogP contribution in [0.3, 0.4) is 0 Å². The van der Waals surface area contributed by atoms with E-state index in [1.54, 1.807) is 0 Å². The number of ether oxygens (including phenoxy) is 1. The molecule has 7 rings (SSSR count). The number of aromatic nitrogens is 2. The average Bonchev–Trinajstić information content (AvgIpc) is 3.40. The van der Waals surface area contributed by atoms with E-state index in [1.807, 2.05) is 85.8 Å². The zero-order valence-corrected chi connectivity index (χ0v) is 22.8. The third kappa shape index (κ3) is 4.94. The maximum atomic E-state index is 12.0. The number of rotatable bonds is 7. The van der Waals surface area contributed by atoms with E-state index < -0.39 is 5.60 Å². The number of piperidine rings is 3. The van der Waals surface area contributed by atoms with Crippen LogP contribution in [-0.2, 0) is 12.1 Å². The summed E-state index contributed by atoms with van der Waals surface area (Å²) in [4.78, 5) is 4.77. The van der Waals surface area contributed by atoms with Gasteiger partial charge in [0, 0.05) is 23.8 Å². The van der Waals surface area contributed by atoms with Crippen molar-refractivity contribution >= 4 is 11.6 Å². The quantitative estimate of drug-likeness (QED) is 0.357. The van der Waals surface area contributed by atoms with Crippen molar-refractivity contribution in [3.05, 3.63) is 112 Å². The second-order valence-corrected chi connectivity index (χ2v) is 10.9. The summed E-state index contributed by atoms with van der Waals surface area (Å²) >= 11 is 6.21. The van der Waals surface area contributed by atoms with Gasteiger partial charge in [0.15, 0.2) is 18.2 Å². The van der Waals surface area contributed by atoms with Gasteiger partial charge in [0.2, 0.25) is 5.82 Å². The van der Waals surface area contributed by atoms with Crippen molar-refractivity contribution in [1.29, 1.82) is 0 Å². The number of nitrogens with zero attached hydrogens (tertiary/aromatic N) is 3. The fourth-order valence-corrected chi connectivity index (χ4v) is 6.10. The lowest BCUT2D eigenvalue weighted by Crippen LogP contribution is -3.00. The predicted molar refractivity (Wildman–Crippen MR) is 141 cm³/mol. The molecular weight excluding hydrogens is 521 g/mol. The van der Waals surface area contributed by atoms with Crippen LogP contribution in [0, 0.1) is 12.8 Å². The monoisotopic (exact) mass is 551 g/mol. The summed E-state index contributed by atoms with van der Waals surface area (Å²) in [6.07, 6.45) is 2.35. The standard InChI is InChI=1S/C30H31ClN3O3.ClH/c1-21-18-25(12-13-26(21)31)36-27-19-34(16-14-22(27)15-17-34)20-28-32-29(33-37-28)30(35,23-8-4-2-5-9-23)24-10-6-3-7-11-24;/h2-13,18,22,27,35H,14-17,19-20H2,1H3;1H/q+1;/p-1/t22?,27-,34?;/m0./s1. The van der Waals surface area contributed by atoms with Crippen LogP contribution in [0.5, 0.6) is 5.75 Å². The van der Waals surface area contributed by atoms with Crippen LogP contribution in [-0.4, -0.2) is 45.5 Å². The van der Waals surface area contributed by atoms with Crippen molar-refractivity contribution in [3.8, 4) is 5.75 Å². The number of fused-ring (bicyclic) bond motifs is 3. The Balaban J connectivity index is 0.00000294. The fourth-order valence-electron chi connectivity index (χ4n) is 5.98. The maximum absolute atomic E-state index is 12.0. The first-order chi connectivity index (χ1) is 18.0. The first kappa shape index (κ1) is 26.7. The minimum atomic E-state index is -1.50. The Labute approximate surface area is 234 Å². The van der Waals surface area contributed by atoms with Crippen LogP contribution in [0.15, 0.2) is 83.4 Å². The lowest BCUT2D eigenvalue weighted by Gasteiger charge is -2.51. The molecule has 0 amide bonds. The predicted octanol–water partition coefficient (Wildman–Crippen LogP) is 2.51. The summed E-state index contributed by atoms with van der Waals surface area (Å²) in [5.74, 6) is 2.22. The van der Waals surface area contributed by atoms with E-state index in [4.69, 9.17) is 25.8 Å². The third-order valence-corrected chi connectivity index (χ3v) is 8.53.